The summed E-state index contributed by atoms with van der Waals surface area (Å²) in [7, 11) is 0. The van der Waals surface area contributed by atoms with Crippen LogP contribution in [0.2, 0.25) is 0 Å². The Hall–Kier alpha value is -1.07. The van der Waals surface area contributed by atoms with Gasteiger partial charge in [-0.15, -0.1) is 0 Å². The molecule has 2 nitrogen and oxygen atoms in total. The second-order valence-electron chi connectivity index (χ2n) is 4.55. The quantitative estimate of drug-likeness (QED) is 0.775. The summed E-state index contributed by atoms with van der Waals surface area (Å²) in [5, 5.41) is 0. The molecule has 0 spiro atoms. The largest absolute Gasteiger partial charge is 0.418 e. The predicted molar refractivity (Wildman–Crippen MR) is 60.4 cm³/mol. The maximum Gasteiger partial charge on any atom is 0.418 e. The molecule has 2 atom stereocenters. The highest BCUT2D eigenvalue weighted by Crippen LogP contribution is 2.37. The maximum absolute atomic E-state index is 12.9. The van der Waals surface area contributed by atoms with Gasteiger partial charge in [0.1, 0.15) is 6.10 Å². The molecule has 1 aliphatic heterocycles. The van der Waals surface area contributed by atoms with Crippen LogP contribution in [-0.4, -0.2) is 25.5 Å². The van der Waals surface area contributed by atoms with E-state index in [2.05, 4.69) is 0 Å². The van der Waals surface area contributed by atoms with Crippen molar-refractivity contribution in [3.8, 4) is 0 Å². The van der Waals surface area contributed by atoms with E-state index in [1.165, 1.54) is 12.1 Å². The highest BCUT2D eigenvalue weighted by Gasteiger charge is 2.43. The van der Waals surface area contributed by atoms with Crippen LogP contribution < -0.4 is 0 Å². The SMILES string of the molecule is Cc1ccc([C@H](OC[C@H]2CO2)C(F)(F)F)cc1C. The number of epoxide rings is 1. The predicted octanol–water partition coefficient (Wildman–Crippen LogP) is 3.32. The van der Waals surface area contributed by atoms with E-state index in [1.54, 1.807) is 13.0 Å². The molecule has 0 N–H and O–H groups in total. The minimum absolute atomic E-state index is 0.0168. The van der Waals surface area contributed by atoms with E-state index < -0.39 is 12.3 Å². The summed E-state index contributed by atoms with van der Waals surface area (Å²) in [5.41, 5.74) is 1.93. The number of alkyl halides is 3. The molecule has 2 rings (SSSR count). The molecule has 0 radical (unpaired) electrons. The molecule has 18 heavy (non-hydrogen) atoms. The Kier molecular flexibility index (Phi) is 3.64. The maximum atomic E-state index is 12.9. The van der Waals surface area contributed by atoms with Gasteiger partial charge in [-0.25, -0.2) is 0 Å². The average molecular weight is 260 g/mol. The summed E-state index contributed by atoms with van der Waals surface area (Å²) in [4.78, 5) is 0. The van der Waals surface area contributed by atoms with Gasteiger partial charge in [-0.2, -0.15) is 13.2 Å². The Morgan fingerprint density at radius 3 is 2.50 bits per heavy atom. The Labute approximate surface area is 104 Å². The number of ether oxygens (including phenoxy) is 2. The van der Waals surface area contributed by atoms with Crippen LogP contribution in [-0.2, 0) is 9.47 Å². The summed E-state index contributed by atoms with van der Waals surface area (Å²) in [6.07, 6.45) is -6.46. The molecule has 1 fully saturated rings. The molecule has 0 aliphatic carbocycles. The van der Waals surface area contributed by atoms with E-state index in [0.29, 0.717) is 6.61 Å². The van der Waals surface area contributed by atoms with Crippen molar-refractivity contribution in [1.29, 1.82) is 0 Å². The van der Waals surface area contributed by atoms with Gasteiger partial charge in [0, 0.05) is 0 Å². The monoisotopic (exact) mass is 260 g/mol. The Bertz CT molecular complexity index is 425. The fraction of sp³-hybridized carbons (Fsp3) is 0.538. The van der Waals surface area contributed by atoms with Crippen LogP contribution in [0.5, 0.6) is 0 Å². The Balaban J connectivity index is 2.17. The van der Waals surface area contributed by atoms with Crippen LogP contribution in [0, 0.1) is 13.8 Å². The van der Waals surface area contributed by atoms with E-state index in [-0.39, 0.29) is 18.3 Å². The third-order valence-electron chi connectivity index (χ3n) is 2.98. The average Bonchev–Trinajstić information content (AvgIpc) is 3.05. The molecule has 1 aromatic carbocycles. The van der Waals surface area contributed by atoms with E-state index in [0.717, 1.165) is 11.1 Å². The van der Waals surface area contributed by atoms with Gasteiger partial charge in [0.25, 0.3) is 0 Å². The first-order valence-electron chi connectivity index (χ1n) is 5.75. The first kappa shape index (κ1) is 13.4. The minimum Gasteiger partial charge on any atom is -0.371 e. The molecule has 1 saturated heterocycles. The first-order valence-corrected chi connectivity index (χ1v) is 5.75. The number of hydrogen-bond acceptors (Lipinski definition) is 2. The summed E-state index contributed by atoms with van der Waals surface area (Å²) in [5.74, 6) is 0. The van der Waals surface area contributed by atoms with Crippen molar-refractivity contribution in [3.05, 3.63) is 34.9 Å². The lowest BCUT2D eigenvalue weighted by Crippen LogP contribution is -2.25. The molecule has 0 saturated carbocycles. The fourth-order valence-electron chi connectivity index (χ4n) is 1.68. The topological polar surface area (TPSA) is 21.8 Å². The molecule has 1 aliphatic rings. The van der Waals surface area contributed by atoms with Crippen molar-refractivity contribution in [2.75, 3.05) is 13.2 Å². The van der Waals surface area contributed by atoms with Crippen LogP contribution in [0.25, 0.3) is 0 Å². The standard InChI is InChI=1S/C13H15F3O2/c1-8-3-4-10(5-9(8)2)12(13(14,15)16)18-7-11-6-17-11/h3-5,11-12H,6-7H2,1-2H3/t11-,12+/m1/s1. The Morgan fingerprint density at radius 1 is 1.33 bits per heavy atom. The molecular weight excluding hydrogens is 245 g/mol. The fourth-order valence-corrected chi connectivity index (χ4v) is 1.68. The second-order valence-corrected chi connectivity index (χ2v) is 4.55. The van der Waals surface area contributed by atoms with Crippen LogP contribution in [0.4, 0.5) is 13.2 Å². The van der Waals surface area contributed by atoms with Crippen molar-refractivity contribution >= 4 is 0 Å². The lowest BCUT2D eigenvalue weighted by Gasteiger charge is -2.21. The van der Waals surface area contributed by atoms with E-state index >= 15 is 0 Å². The van der Waals surface area contributed by atoms with Crippen LogP contribution >= 0.6 is 0 Å². The van der Waals surface area contributed by atoms with Crippen molar-refractivity contribution in [2.24, 2.45) is 0 Å². The van der Waals surface area contributed by atoms with Crippen LogP contribution in [0.15, 0.2) is 18.2 Å². The van der Waals surface area contributed by atoms with Crippen LogP contribution in [0.1, 0.15) is 22.8 Å². The minimum atomic E-state index is -4.41. The van der Waals surface area contributed by atoms with Gasteiger partial charge in [-0.1, -0.05) is 18.2 Å². The summed E-state index contributed by atoms with van der Waals surface area (Å²) >= 11 is 0. The van der Waals surface area contributed by atoms with Gasteiger partial charge < -0.3 is 9.47 Å². The van der Waals surface area contributed by atoms with Gasteiger partial charge in [-0.3, -0.25) is 0 Å². The van der Waals surface area contributed by atoms with E-state index in [1.807, 2.05) is 6.92 Å². The highest BCUT2D eigenvalue weighted by atomic mass is 19.4. The smallest absolute Gasteiger partial charge is 0.371 e. The van der Waals surface area contributed by atoms with Crippen molar-refractivity contribution < 1.29 is 22.6 Å². The van der Waals surface area contributed by atoms with E-state index in [9.17, 15) is 13.2 Å². The number of rotatable bonds is 4. The molecular formula is C13H15F3O2. The van der Waals surface area contributed by atoms with Gasteiger partial charge in [0.05, 0.1) is 13.2 Å². The normalized spacial score (nSPS) is 20.8. The van der Waals surface area contributed by atoms with Crippen LogP contribution in [0.3, 0.4) is 0 Å². The zero-order chi connectivity index (χ0) is 13.3. The van der Waals surface area contributed by atoms with Gasteiger partial charge >= 0.3 is 6.18 Å². The zero-order valence-corrected chi connectivity index (χ0v) is 10.3. The second kappa shape index (κ2) is 4.90. The third-order valence-corrected chi connectivity index (χ3v) is 2.98. The molecule has 1 heterocycles. The number of hydrogen-bond donors (Lipinski definition) is 0. The molecule has 5 heteroatoms. The van der Waals surface area contributed by atoms with Gasteiger partial charge in [-0.05, 0) is 30.5 Å². The molecule has 0 bridgehead atoms. The van der Waals surface area contributed by atoms with E-state index in [4.69, 9.17) is 9.47 Å². The summed E-state index contributed by atoms with van der Waals surface area (Å²) in [6, 6.07) is 4.68. The first-order chi connectivity index (χ1) is 8.38. The number of halogens is 3. The molecule has 1 aromatic rings. The Morgan fingerprint density at radius 2 is 2.00 bits per heavy atom. The van der Waals surface area contributed by atoms with Crippen molar-refractivity contribution in [2.45, 2.75) is 32.2 Å². The lowest BCUT2D eigenvalue weighted by molar-refractivity contribution is -0.224. The van der Waals surface area contributed by atoms with Crippen molar-refractivity contribution in [1.82, 2.24) is 0 Å². The zero-order valence-electron chi connectivity index (χ0n) is 10.3. The van der Waals surface area contributed by atoms with Gasteiger partial charge in [0.2, 0.25) is 0 Å². The summed E-state index contributed by atoms with van der Waals surface area (Å²) < 4.78 is 48.6. The van der Waals surface area contributed by atoms with Crippen molar-refractivity contribution in [3.63, 3.8) is 0 Å². The highest BCUT2D eigenvalue weighted by molar-refractivity contribution is 5.31. The van der Waals surface area contributed by atoms with Gasteiger partial charge in [0.15, 0.2) is 6.10 Å². The molecule has 0 unspecified atom stereocenters. The third kappa shape index (κ3) is 3.23. The number of aryl methyl sites for hydroxylation is 2. The molecule has 100 valence electrons. The summed E-state index contributed by atoms with van der Waals surface area (Å²) in [6.45, 7) is 4.12. The lowest BCUT2D eigenvalue weighted by atomic mass is 10.0. The molecule has 0 aromatic heterocycles. The molecule has 0 amide bonds. The number of benzene rings is 1.